The molecule has 2 amide bonds. The number of rotatable bonds is 9. The fourth-order valence-corrected chi connectivity index (χ4v) is 3.40. The van der Waals surface area contributed by atoms with Crippen LogP contribution in [0.25, 0.3) is 0 Å². The average molecular weight is 375 g/mol. The van der Waals surface area contributed by atoms with Gasteiger partial charge in [-0.15, -0.1) is 0 Å². The van der Waals surface area contributed by atoms with E-state index in [9.17, 15) is 14.4 Å². The van der Waals surface area contributed by atoms with Crippen LogP contribution in [0, 0.1) is 0 Å². The number of hydrogen-bond acceptors (Lipinski definition) is 4. The largest absolute Gasteiger partial charge is 0.480 e. The molecular formula is C20H29N3O4. The van der Waals surface area contributed by atoms with Crippen LogP contribution in [0.4, 0.5) is 0 Å². The number of carboxylic acid groups (broad SMARTS) is 1. The third-order valence-corrected chi connectivity index (χ3v) is 5.15. The summed E-state index contributed by atoms with van der Waals surface area (Å²) in [6.45, 7) is 7.82. The number of likely N-dealkylation sites (N-methyl/N-ethyl adjacent to an activating group) is 1. The summed E-state index contributed by atoms with van der Waals surface area (Å²) in [7, 11) is 0. The first-order chi connectivity index (χ1) is 12.9. The monoisotopic (exact) mass is 375 g/mol. The first-order valence-electron chi connectivity index (χ1n) is 9.55. The molecule has 0 atom stereocenters. The second kappa shape index (κ2) is 9.50. The minimum atomic E-state index is -0.830. The SMILES string of the molecule is CCN(CC)C(=O)c1ccc(C(=O)NC2CC(N(CC)CC(=O)O)C2)cc1. The Kier molecular flexibility index (Phi) is 7.36. The molecule has 2 rings (SSSR count). The summed E-state index contributed by atoms with van der Waals surface area (Å²) >= 11 is 0. The lowest BCUT2D eigenvalue weighted by atomic mass is 9.85. The molecule has 7 nitrogen and oxygen atoms in total. The van der Waals surface area contributed by atoms with Gasteiger partial charge >= 0.3 is 5.97 Å². The van der Waals surface area contributed by atoms with Crippen molar-refractivity contribution in [2.45, 2.75) is 45.7 Å². The highest BCUT2D eigenvalue weighted by Gasteiger charge is 2.34. The molecule has 148 valence electrons. The van der Waals surface area contributed by atoms with E-state index in [0.29, 0.717) is 30.8 Å². The van der Waals surface area contributed by atoms with E-state index in [-0.39, 0.29) is 30.4 Å². The normalized spacial score (nSPS) is 18.7. The van der Waals surface area contributed by atoms with Crippen LogP contribution in [0.2, 0.25) is 0 Å². The van der Waals surface area contributed by atoms with Crippen LogP contribution in [0.5, 0.6) is 0 Å². The first-order valence-corrected chi connectivity index (χ1v) is 9.55. The molecule has 0 spiro atoms. The number of carboxylic acids is 1. The van der Waals surface area contributed by atoms with Crippen molar-refractivity contribution in [2.75, 3.05) is 26.2 Å². The number of nitrogens with zero attached hydrogens (tertiary/aromatic N) is 2. The number of nitrogens with one attached hydrogen (secondary N) is 1. The van der Waals surface area contributed by atoms with Gasteiger partial charge < -0.3 is 15.3 Å². The molecule has 2 N–H and O–H groups in total. The van der Waals surface area contributed by atoms with Crippen molar-refractivity contribution in [1.82, 2.24) is 15.1 Å². The van der Waals surface area contributed by atoms with E-state index in [2.05, 4.69) is 5.32 Å². The van der Waals surface area contributed by atoms with Crippen molar-refractivity contribution in [1.29, 1.82) is 0 Å². The Morgan fingerprint density at radius 1 is 1.00 bits per heavy atom. The number of amides is 2. The Hall–Kier alpha value is -2.41. The number of aliphatic carboxylic acids is 1. The van der Waals surface area contributed by atoms with E-state index in [1.54, 1.807) is 29.2 Å². The minimum Gasteiger partial charge on any atom is -0.480 e. The Bertz CT molecular complexity index is 664. The molecule has 0 aromatic heterocycles. The third kappa shape index (κ3) is 5.29. The molecule has 27 heavy (non-hydrogen) atoms. The fraction of sp³-hybridized carbons (Fsp3) is 0.550. The molecule has 1 saturated carbocycles. The lowest BCUT2D eigenvalue weighted by Crippen LogP contribution is -2.54. The van der Waals surface area contributed by atoms with E-state index in [4.69, 9.17) is 5.11 Å². The maximum Gasteiger partial charge on any atom is 0.317 e. The van der Waals surface area contributed by atoms with Gasteiger partial charge in [-0.2, -0.15) is 0 Å². The summed E-state index contributed by atoms with van der Waals surface area (Å²) in [4.78, 5) is 39.2. The van der Waals surface area contributed by atoms with Crippen LogP contribution in [0.3, 0.4) is 0 Å². The smallest absolute Gasteiger partial charge is 0.317 e. The zero-order chi connectivity index (χ0) is 20.0. The predicted molar refractivity (Wildman–Crippen MR) is 103 cm³/mol. The molecule has 1 aliphatic rings. The third-order valence-electron chi connectivity index (χ3n) is 5.15. The summed E-state index contributed by atoms with van der Waals surface area (Å²) in [6, 6.07) is 6.97. The van der Waals surface area contributed by atoms with Crippen LogP contribution >= 0.6 is 0 Å². The maximum absolute atomic E-state index is 12.4. The van der Waals surface area contributed by atoms with E-state index in [0.717, 1.165) is 12.8 Å². The van der Waals surface area contributed by atoms with Gasteiger partial charge in [0, 0.05) is 36.3 Å². The Morgan fingerprint density at radius 2 is 1.56 bits per heavy atom. The highest BCUT2D eigenvalue weighted by atomic mass is 16.4. The predicted octanol–water partition coefficient (Wildman–Crippen LogP) is 1.84. The van der Waals surface area contributed by atoms with Gasteiger partial charge in [0.1, 0.15) is 0 Å². The van der Waals surface area contributed by atoms with Crippen molar-refractivity contribution in [3.05, 3.63) is 35.4 Å². The molecule has 7 heteroatoms. The van der Waals surface area contributed by atoms with Crippen molar-refractivity contribution in [2.24, 2.45) is 0 Å². The van der Waals surface area contributed by atoms with Gasteiger partial charge in [0.25, 0.3) is 11.8 Å². The fourth-order valence-electron chi connectivity index (χ4n) is 3.40. The van der Waals surface area contributed by atoms with Crippen molar-refractivity contribution < 1.29 is 19.5 Å². The molecular weight excluding hydrogens is 346 g/mol. The van der Waals surface area contributed by atoms with Gasteiger partial charge in [-0.1, -0.05) is 6.92 Å². The van der Waals surface area contributed by atoms with E-state index >= 15 is 0 Å². The van der Waals surface area contributed by atoms with Gasteiger partial charge in [0.05, 0.1) is 6.54 Å². The Labute approximate surface area is 160 Å². The van der Waals surface area contributed by atoms with Crippen molar-refractivity contribution >= 4 is 17.8 Å². The second-order valence-corrected chi connectivity index (χ2v) is 6.81. The van der Waals surface area contributed by atoms with Crippen LogP contribution in [-0.2, 0) is 4.79 Å². The topological polar surface area (TPSA) is 90.0 Å². The molecule has 1 aromatic carbocycles. The summed E-state index contributed by atoms with van der Waals surface area (Å²) in [6.07, 6.45) is 1.51. The van der Waals surface area contributed by atoms with Gasteiger partial charge in [0.2, 0.25) is 0 Å². The zero-order valence-electron chi connectivity index (χ0n) is 16.3. The molecule has 0 radical (unpaired) electrons. The van der Waals surface area contributed by atoms with Crippen LogP contribution < -0.4 is 5.32 Å². The molecule has 0 bridgehead atoms. The average Bonchev–Trinajstić information content (AvgIpc) is 2.63. The van der Waals surface area contributed by atoms with E-state index < -0.39 is 5.97 Å². The van der Waals surface area contributed by atoms with Gasteiger partial charge in [-0.05, 0) is 57.5 Å². The van der Waals surface area contributed by atoms with Crippen LogP contribution in [0.1, 0.15) is 54.3 Å². The number of carbonyl (C=O) groups is 3. The van der Waals surface area contributed by atoms with Crippen LogP contribution in [0.15, 0.2) is 24.3 Å². The summed E-state index contributed by atoms with van der Waals surface area (Å²) < 4.78 is 0. The second-order valence-electron chi connectivity index (χ2n) is 6.81. The molecule has 0 heterocycles. The lowest BCUT2D eigenvalue weighted by molar-refractivity contribution is -0.139. The van der Waals surface area contributed by atoms with Crippen LogP contribution in [-0.4, -0.2) is 71.0 Å². The van der Waals surface area contributed by atoms with Gasteiger partial charge in [0.15, 0.2) is 0 Å². The van der Waals surface area contributed by atoms with Crippen molar-refractivity contribution in [3.63, 3.8) is 0 Å². The first kappa shape index (κ1) is 20.9. The van der Waals surface area contributed by atoms with E-state index in [1.165, 1.54) is 0 Å². The maximum atomic E-state index is 12.4. The standard InChI is InChI=1S/C20H29N3O4/c1-4-22(5-2)20(27)15-9-7-14(8-10-15)19(26)21-16-11-17(12-16)23(6-3)13-18(24)25/h7-10,16-17H,4-6,11-13H2,1-3H3,(H,21,26)(H,24,25). The molecule has 0 aliphatic heterocycles. The minimum absolute atomic E-state index is 0.0316. The molecule has 0 unspecified atom stereocenters. The number of carbonyl (C=O) groups excluding carboxylic acids is 2. The summed E-state index contributed by atoms with van der Waals surface area (Å²) in [5.74, 6) is -1.03. The van der Waals surface area contributed by atoms with Gasteiger partial charge in [-0.25, -0.2) is 0 Å². The lowest BCUT2D eigenvalue weighted by Gasteiger charge is -2.42. The molecule has 0 saturated heterocycles. The highest BCUT2D eigenvalue weighted by Crippen LogP contribution is 2.26. The quantitative estimate of drug-likeness (QED) is 0.687. The molecule has 1 aromatic rings. The number of benzene rings is 1. The Balaban J connectivity index is 1.87. The van der Waals surface area contributed by atoms with Gasteiger partial charge in [-0.3, -0.25) is 19.3 Å². The molecule has 1 fully saturated rings. The summed E-state index contributed by atoms with van der Waals surface area (Å²) in [5.41, 5.74) is 1.10. The highest BCUT2D eigenvalue weighted by molar-refractivity contribution is 5.98. The zero-order valence-corrected chi connectivity index (χ0v) is 16.3. The van der Waals surface area contributed by atoms with E-state index in [1.807, 2.05) is 25.7 Å². The van der Waals surface area contributed by atoms with Crippen molar-refractivity contribution in [3.8, 4) is 0 Å². The number of hydrogen-bond donors (Lipinski definition) is 2. The summed E-state index contributed by atoms with van der Waals surface area (Å²) in [5, 5.41) is 11.9. The Morgan fingerprint density at radius 3 is 2.04 bits per heavy atom. The molecule has 1 aliphatic carbocycles.